The van der Waals surface area contributed by atoms with Gasteiger partial charge >= 0.3 is 5.37 Å². The molecule has 1 aromatic heterocycles. The van der Waals surface area contributed by atoms with E-state index in [4.69, 9.17) is 11.6 Å². The molecule has 0 unspecified atom stereocenters. The van der Waals surface area contributed by atoms with Gasteiger partial charge in [0.25, 0.3) is 5.56 Å². The minimum absolute atomic E-state index is 0.179. The van der Waals surface area contributed by atoms with E-state index in [0.29, 0.717) is 25.2 Å². The largest absolute Gasteiger partial charge is 0.387 e. The molecule has 7 heteroatoms. The number of hydrogen-bond acceptors (Lipinski definition) is 4. The van der Waals surface area contributed by atoms with Crippen LogP contribution in [0.1, 0.15) is 32.1 Å². The third-order valence-electron chi connectivity index (χ3n) is 6.47. The van der Waals surface area contributed by atoms with Gasteiger partial charge in [0, 0.05) is 30.1 Å². The number of aliphatic hydroxyl groups is 1. The summed E-state index contributed by atoms with van der Waals surface area (Å²) in [4.78, 5) is 30.5. The Balaban J connectivity index is 1.62. The number of carbonyl (C=O) groups excluding carboxylic acids is 1. The molecule has 1 N–H and O–H groups in total. The minimum Gasteiger partial charge on any atom is -0.387 e. The molecule has 1 atom stereocenters. The molecule has 2 fully saturated rings. The maximum absolute atomic E-state index is 12.7. The van der Waals surface area contributed by atoms with E-state index in [1.54, 1.807) is 4.90 Å². The van der Waals surface area contributed by atoms with Crippen molar-refractivity contribution in [3.05, 3.63) is 53.1 Å². The van der Waals surface area contributed by atoms with E-state index in [1.807, 2.05) is 30.3 Å². The number of halogens is 1. The summed E-state index contributed by atoms with van der Waals surface area (Å²) in [6, 6.07) is 11.1. The number of piperidine rings is 1. The lowest BCUT2D eigenvalue weighted by molar-refractivity contribution is -0.133. The average molecular weight is 402 g/mol. The molecule has 1 aromatic carbocycles. The molecule has 28 heavy (non-hydrogen) atoms. The number of likely N-dealkylation sites (tertiary alicyclic amines) is 1. The van der Waals surface area contributed by atoms with Crippen LogP contribution in [0.2, 0.25) is 0 Å². The second-order valence-corrected chi connectivity index (χ2v) is 8.37. The van der Waals surface area contributed by atoms with Crippen LogP contribution in [0.25, 0.3) is 11.3 Å². The first-order chi connectivity index (χ1) is 13.4. The SMILES string of the molecule is O=C(Cl)N1CC[C@@](O)(Cn2cnc(-c3ccccc3)cc2=O)C2(CCCC2)C1. The summed E-state index contributed by atoms with van der Waals surface area (Å²) in [5, 5.41) is 11.1. The van der Waals surface area contributed by atoms with Gasteiger partial charge in [-0.25, -0.2) is 4.98 Å². The van der Waals surface area contributed by atoms with Crippen molar-refractivity contribution in [3.63, 3.8) is 0 Å². The zero-order valence-corrected chi connectivity index (χ0v) is 16.4. The number of amides is 1. The van der Waals surface area contributed by atoms with Crippen molar-refractivity contribution >= 4 is 17.0 Å². The van der Waals surface area contributed by atoms with Gasteiger partial charge in [-0.05, 0) is 30.9 Å². The molecule has 2 heterocycles. The third-order valence-corrected chi connectivity index (χ3v) is 6.71. The lowest BCUT2D eigenvalue weighted by atomic mass is 9.66. The Morgan fingerprint density at radius 2 is 1.89 bits per heavy atom. The number of carbonyl (C=O) groups is 1. The van der Waals surface area contributed by atoms with Crippen LogP contribution in [0.15, 0.2) is 47.5 Å². The smallest absolute Gasteiger partial charge is 0.316 e. The van der Waals surface area contributed by atoms with Crippen molar-refractivity contribution in [2.45, 2.75) is 44.2 Å². The summed E-state index contributed by atoms with van der Waals surface area (Å²) in [5.41, 5.74) is -0.177. The molecule has 2 aliphatic rings. The van der Waals surface area contributed by atoms with Crippen molar-refractivity contribution in [1.29, 1.82) is 0 Å². The lowest BCUT2D eigenvalue weighted by Gasteiger charge is -2.52. The topological polar surface area (TPSA) is 75.4 Å². The Morgan fingerprint density at radius 3 is 2.54 bits per heavy atom. The Labute approximate surface area is 168 Å². The highest BCUT2D eigenvalue weighted by Gasteiger charge is 2.55. The van der Waals surface area contributed by atoms with Gasteiger partial charge in [0.15, 0.2) is 0 Å². The van der Waals surface area contributed by atoms with Crippen LogP contribution in [0, 0.1) is 5.41 Å². The van der Waals surface area contributed by atoms with Gasteiger partial charge in [-0.1, -0.05) is 43.2 Å². The van der Waals surface area contributed by atoms with Crippen LogP contribution in [0.5, 0.6) is 0 Å². The fraction of sp³-hybridized carbons (Fsp3) is 0.476. The van der Waals surface area contributed by atoms with Gasteiger partial charge < -0.3 is 10.0 Å². The van der Waals surface area contributed by atoms with Crippen LogP contribution >= 0.6 is 11.6 Å². The molecule has 1 amide bonds. The summed E-state index contributed by atoms with van der Waals surface area (Å²) in [6.45, 7) is 1.01. The van der Waals surface area contributed by atoms with E-state index in [-0.39, 0.29) is 12.1 Å². The van der Waals surface area contributed by atoms with E-state index >= 15 is 0 Å². The van der Waals surface area contributed by atoms with Gasteiger partial charge in [-0.15, -0.1) is 0 Å². The predicted molar refractivity (Wildman–Crippen MR) is 107 cm³/mol. The maximum Gasteiger partial charge on any atom is 0.316 e. The number of hydrogen-bond donors (Lipinski definition) is 1. The van der Waals surface area contributed by atoms with Crippen LogP contribution in [0.4, 0.5) is 4.79 Å². The number of nitrogens with zero attached hydrogens (tertiary/aromatic N) is 3. The fourth-order valence-electron chi connectivity index (χ4n) is 4.84. The molecule has 1 spiro atoms. The maximum atomic E-state index is 12.7. The fourth-order valence-corrected chi connectivity index (χ4v) is 4.99. The normalized spacial score (nSPS) is 23.9. The summed E-state index contributed by atoms with van der Waals surface area (Å²) >= 11 is 5.71. The summed E-state index contributed by atoms with van der Waals surface area (Å²) < 4.78 is 1.49. The van der Waals surface area contributed by atoms with Crippen LogP contribution in [-0.2, 0) is 6.54 Å². The van der Waals surface area contributed by atoms with Crippen LogP contribution in [0.3, 0.4) is 0 Å². The van der Waals surface area contributed by atoms with Crippen molar-refractivity contribution in [2.75, 3.05) is 13.1 Å². The first-order valence-electron chi connectivity index (χ1n) is 9.71. The Bertz CT molecular complexity index is 924. The monoisotopic (exact) mass is 401 g/mol. The summed E-state index contributed by atoms with van der Waals surface area (Å²) in [5.74, 6) is 0. The molecule has 1 saturated carbocycles. The quantitative estimate of drug-likeness (QED) is 0.632. The zero-order valence-electron chi connectivity index (χ0n) is 15.7. The summed E-state index contributed by atoms with van der Waals surface area (Å²) in [6.07, 6.45) is 5.59. The van der Waals surface area contributed by atoms with Gasteiger partial charge in [0.05, 0.1) is 24.2 Å². The molecule has 0 radical (unpaired) electrons. The molecular weight excluding hydrogens is 378 g/mol. The van der Waals surface area contributed by atoms with Crippen molar-refractivity contribution in [3.8, 4) is 11.3 Å². The molecule has 148 valence electrons. The molecule has 1 aliphatic carbocycles. The Morgan fingerprint density at radius 1 is 1.18 bits per heavy atom. The standard InChI is InChI=1S/C21H24ClN3O3/c22-19(27)24-11-10-21(28,20(13-24)8-4-5-9-20)14-25-15-23-17(12-18(25)26)16-6-2-1-3-7-16/h1-3,6-7,12,15,28H,4-5,8-11,13-14H2/t21-/m1/s1. The van der Waals surface area contributed by atoms with E-state index < -0.39 is 16.4 Å². The Kier molecular flexibility index (Phi) is 5.02. The molecular formula is C21H24ClN3O3. The van der Waals surface area contributed by atoms with Crippen molar-refractivity contribution < 1.29 is 9.90 Å². The number of rotatable bonds is 3. The van der Waals surface area contributed by atoms with Crippen LogP contribution in [-0.4, -0.2) is 43.6 Å². The van der Waals surface area contributed by atoms with Gasteiger partial charge in [-0.3, -0.25) is 14.2 Å². The zero-order chi connectivity index (χ0) is 19.8. The Hall–Kier alpha value is -2.18. The second kappa shape index (κ2) is 7.33. The average Bonchev–Trinajstić information content (AvgIpc) is 3.16. The lowest BCUT2D eigenvalue weighted by Crippen LogP contribution is -2.61. The highest BCUT2D eigenvalue weighted by Crippen LogP contribution is 2.51. The molecule has 6 nitrogen and oxygen atoms in total. The first-order valence-corrected chi connectivity index (χ1v) is 10.1. The van der Waals surface area contributed by atoms with E-state index in [2.05, 4.69) is 4.98 Å². The second-order valence-electron chi connectivity index (χ2n) is 8.05. The molecule has 1 aliphatic heterocycles. The van der Waals surface area contributed by atoms with Gasteiger partial charge in [0.1, 0.15) is 0 Å². The van der Waals surface area contributed by atoms with Crippen LogP contribution < -0.4 is 5.56 Å². The van der Waals surface area contributed by atoms with Crippen molar-refractivity contribution in [2.24, 2.45) is 5.41 Å². The van der Waals surface area contributed by atoms with Gasteiger partial charge in [-0.2, -0.15) is 0 Å². The number of benzene rings is 1. The number of aromatic nitrogens is 2. The third kappa shape index (κ3) is 3.35. The highest BCUT2D eigenvalue weighted by atomic mass is 35.5. The molecule has 0 bridgehead atoms. The van der Waals surface area contributed by atoms with E-state index in [0.717, 1.165) is 31.2 Å². The summed E-state index contributed by atoms with van der Waals surface area (Å²) in [7, 11) is 0. The highest BCUT2D eigenvalue weighted by molar-refractivity contribution is 6.62. The first kappa shape index (κ1) is 19.2. The molecule has 4 rings (SSSR count). The molecule has 1 saturated heterocycles. The van der Waals surface area contributed by atoms with Crippen molar-refractivity contribution in [1.82, 2.24) is 14.5 Å². The van der Waals surface area contributed by atoms with E-state index in [1.165, 1.54) is 17.0 Å². The van der Waals surface area contributed by atoms with Gasteiger partial charge in [0.2, 0.25) is 0 Å². The molecule has 2 aromatic rings. The minimum atomic E-state index is -1.06. The van der Waals surface area contributed by atoms with E-state index in [9.17, 15) is 14.7 Å². The predicted octanol–water partition coefficient (Wildman–Crippen LogP) is 3.27.